The van der Waals surface area contributed by atoms with Gasteiger partial charge in [-0.25, -0.2) is 4.98 Å². The molecule has 1 saturated heterocycles. The third-order valence-electron chi connectivity index (χ3n) is 5.22. The van der Waals surface area contributed by atoms with Crippen molar-refractivity contribution in [1.82, 2.24) is 15.0 Å². The Morgan fingerprint density at radius 1 is 1.38 bits per heavy atom. The highest BCUT2D eigenvalue weighted by molar-refractivity contribution is 7.15. The zero-order valence-electron chi connectivity index (χ0n) is 15.4. The Hall–Kier alpha value is -2.21. The minimum absolute atomic E-state index is 0.0661. The molecule has 1 amide bonds. The number of hydrogen-bond donors (Lipinski definition) is 0. The van der Waals surface area contributed by atoms with Crippen LogP contribution in [0, 0.1) is 19.8 Å². The van der Waals surface area contributed by atoms with Crippen LogP contribution in [0.4, 0.5) is 0 Å². The third kappa shape index (κ3) is 3.03. The molecule has 0 spiro atoms. The summed E-state index contributed by atoms with van der Waals surface area (Å²) in [5, 5.41) is 4.79. The van der Waals surface area contributed by atoms with Crippen LogP contribution in [-0.4, -0.2) is 34.0 Å². The Morgan fingerprint density at radius 2 is 2.23 bits per heavy atom. The van der Waals surface area contributed by atoms with Crippen LogP contribution in [-0.2, 0) is 0 Å². The molecule has 4 rings (SSSR count). The topological polar surface area (TPSA) is 59.2 Å². The number of aryl methyl sites for hydroxylation is 2. The van der Waals surface area contributed by atoms with Gasteiger partial charge in [-0.2, -0.15) is 0 Å². The van der Waals surface area contributed by atoms with Gasteiger partial charge >= 0.3 is 0 Å². The van der Waals surface area contributed by atoms with Crippen molar-refractivity contribution in [3.8, 4) is 10.6 Å². The van der Waals surface area contributed by atoms with Crippen molar-refractivity contribution in [2.45, 2.75) is 40.0 Å². The molecule has 0 bridgehead atoms. The molecule has 1 atom stereocenters. The second-order valence-corrected chi connectivity index (χ2v) is 8.37. The van der Waals surface area contributed by atoms with Gasteiger partial charge in [0.1, 0.15) is 0 Å². The van der Waals surface area contributed by atoms with Gasteiger partial charge in [0.25, 0.3) is 11.6 Å². The zero-order valence-corrected chi connectivity index (χ0v) is 16.2. The number of piperidine rings is 1. The molecule has 3 aromatic rings. The van der Waals surface area contributed by atoms with Crippen molar-refractivity contribution in [2.75, 3.05) is 13.1 Å². The summed E-state index contributed by atoms with van der Waals surface area (Å²) < 4.78 is 5.41. The number of nitrogens with zero attached hydrogens (tertiary/aromatic N) is 3. The maximum Gasteiger partial charge on any atom is 0.259 e. The minimum atomic E-state index is 0.0661. The van der Waals surface area contributed by atoms with Gasteiger partial charge in [-0.15, -0.1) is 11.3 Å². The lowest BCUT2D eigenvalue weighted by molar-refractivity contribution is 0.0673. The van der Waals surface area contributed by atoms with E-state index in [1.54, 1.807) is 11.3 Å². The summed E-state index contributed by atoms with van der Waals surface area (Å²) in [5.74, 6) is 0.657. The van der Waals surface area contributed by atoms with E-state index < -0.39 is 0 Å². The predicted octanol–water partition coefficient (Wildman–Crippen LogP) is 4.83. The number of aromatic nitrogens is 2. The van der Waals surface area contributed by atoms with Crippen molar-refractivity contribution >= 4 is 28.3 Å². The number of thiophene rings is 1. The van der Waals surface area contributed by atoms with E-state index in [0.717, 1.165) is 41.9 Å². The molecular weight excluding hydrogens is 346 g/mol. The number of rotatable bonds is 3. The molecule has 1 aliphatic heterocycles. The summed E-state index contributed by atoms with van der Waals surface area (Å²) in [7, 11) is 0. The van der Waals surface area contributed by atoms with Gasteiger partial charge in [0.2, 0.25) is 0 Å². The first-order valence-electron chi connectivity index (χ1n) is 9.20. The summed E-state index contributed by atoms with van der Waals surface area (Å²) in [6, 6.07) is 6.02. The van der Waals surface area contributed by atoms with Crippen LogP contribution < -0.4 is 0 Å². The highest BCUT2D eigenvalue weighted by Gasteiger charge is 2.27. The average Bonchev–Trinajstić information content (AvgIpc) is 3.26. The molecule has 1 unspecified atom stereocenters. The molecular formula is C20H23N3O2S. The minimum Gasteiger partial charge on any atom is -0.338 e. The number of likely N-dealkylation sites (tertiary alicyclic amines) is 1. The maximum absolute atomic E-state index is 13.3. The van der Waals surface area contributed by atoms with Crippen LogP contribution in [0.3, 0.4) is 0 Å². The van der Waals surface area contributed by atoms with Crippen LogP contribution in [0.1, 0.15) is 47.1 Å². The van der Waals surface area contributed by atoms with Crippen LogP contribution >= 0.6 is 11.3 Å². The smallest absolute Gasteiger partial charge is 0.259 e. The Morgan fingerprint density at radius 3 is 2.96 bits per heavy atom. The summed E-state index contributed by atoms with van der Waals surface area (Å²) >= 11 is 1.67. The van der Waals surface area contributed by atoms with Crippen LogP contribution in [0.15, 0.2) is 22.7 Å². The Bertz CT molecular complexity index is 959. The number of pyridine rings is 1. The fraction of sp³-hybridized carbons (Fsp3) is 0.450. The summed E-state index contributed by atoms with van der Waals surface area (Å²) in [4.78, 5) is 22.2. The highest BCUT2D eigenvalue weighted by Crippen LogP contribution is 2.32. The lowest BCUT2D eigenvalue weighted by atomic mass is 9.95. The standard InChI is InChI=1S/C20H23N3O2S/c1-4-14-6-5-9-23(11-14)20(24)15-10-16(17-8-7-12(2)26-17)21-19-18(15)13(3)22-25-19/h7-8,10,14H,4-6,9,11H2,1-3H3. The molecule has 4 heterocycles. The Balaban J connectivity index is 1.79. The van der Waals surface area contributed by atoms with Gasteiger partial charge in [0.05, 0.1) is 27.2 Å². The predicted molar refractivity (Wildman–Crippen MR) is 104 cm³/mol. The summed E-state index contributed by atoms with van der Waals surface area (Å²) in [6.07, 6.45) is 3.39. The zero-order chi connectivity index (χ0) is 18.3. The van der Waals surface area contributed by atoms with Gasteiger partial charge in [-0.1, -0.05) is 18.5 Å². The van der Waals surface area contributed by atoms with E-state index in [-0.39, 0.29) is 5.91 Å². The molecule has 0 aromatic carbocycles. The molecule has 0 radical (unpaired) electrons. The first-order valence-corrected chi connectivity index (χ1v) is 10.0. The molecule has 6 heteroatoms. The lowest BCUT2D eigenvalue weighted by Gasteiger charge is -2.32. The van der Waals surface area contributed by atoms with E-state index in [9.17, 15) is 4.79 Å². The average molecular weight is 369 g/mol. The molecule has 1 aliphatic rings. The number of hydrogen-bond acceptors (Lipinski definition) is 5. The largest absolute Gasteiger partial charge is 0.338 e. The van der Waals surface area contributed by atoms with Gasteiger partial charge < -0.3 is 9.42 Å². The molecule has 0 saturated carbocycles. The molecule has 0 aliphatic carbocycles. The number of carbonyl (C=O) groups is 1. The second-order valence-electron chi connectivity index (χ2n) is 7.08. The summed E-state index contributed by atoms with van der Waals surface area (Å²) in [6.45, 7) is 7.78. The van der Waals surface area contributed by atoms with Crippen LogP contribution in [0.25, 0.3) is 21.7 Å². The third-order valence-corrected chi connectivity index (χ3v) is 6.25. The highest BCUT2D eigenvalue weighted by atomic mass is 32.1. The Labute approximate surface area is 157 Å². The van der Waals surface area contributed by atoms with Crippen molar-refractivity contribution in [1.29, 1.82) is 0 Å². The quantitative estimate of drug-likeness (QED) is 0.663. The van der Waals surface area contributed by atoms with Crippen LogP contribution in [0.5, 0.6) is 0 Å². The van der Waals surface area contributed by atoms with Gasteiger partial charge in [-0.05, 0) is 50.8 Å². The van der Waals surface area contributed by atoms with E-state index in [1.165, 1.54) is 11.3 Å². The molecule has 0 N–H and O–H groups in total. The first-order chi connectivity index (χ1) is 12.6. The fourth-order valence-electron chi connectivity index (χ4n) is 3.71. The van der Waals surface area contributed by atoms with Gasteiger partial charge in [0.15, 0.2) is 0 Å². The number of carbonyl (C=O) groups excluding carboxylic acids is 1. The fourth-order valence-corrected chi connectivity index (χ4v) is 4.54. The second kappa shape index (κ2) is 6.83. The Kier molecular flexibility index (Phi) is 4.53. The van der Waals surface area contributed by atoms with Gasteiger partial charge in [0, 0.05) is 18.0 Å². The van der Waals surface area contributed by atoms with Crippen molar-refractivity contribution in [2.24, 2.45) is 5.92 Å². The van der Waals surface area contributed by atoms with E-state index >= 15 is 0 Å². The maximum atomic E-state index is 13.3. The van der Waals surface area contributed by atoms with Crippen LogP contribution in [0.2, 0.25) is 0 Å². The molecule has 5 nitrogen and oxygen atoms in total. The van der Waals surface area contributed by atoms with E-state index in [1.807, 2.05) is 24.0 Å². The van der Waals surface area contributed by atoms with E-state index in [2.05, 4.69) is 30.1 Å². The van der Waals surface area contributed by atoms with Crippen molar-refractivity contribution < 1.29 is 9.32 Å². The van der Waals surface area contributed by atoms with Crippen molar-refractivity contribution in [3.63, 3.8) is 0 Å². The monoisotopic (exact) mass is 369 g/mol. The molecule has 136 valence electrons. The number of amides is 1. The van der Waals surface area contributed by atoms with E-state index in [0.29, 0.717) is 22.9 Å². The molecule has 3 aromatic heterocycles. The SMILES string of the molecule is CCC1CCCN(C(=O)c2cc(-c3ccc(C)s3)nc3onc(C)c23)C1. The normalized spacial score (nSPS) is 17.8. The van der Waals surface area contributed by atoms with Crippen molar-refractivity contribution in [3.05, 3.63) is 34.3 Å². The molecule has 26 heavy (non-hydrogen) atoms. The van der Waals surface area contributed by atoms with E-state index in [4.69, 9.17) is 4.52 Å². The first kappa shape index (κ1) is 17.2. The molecule has 1 fully saturated rings. The van der Waals surface area contributed by atoms with Gasteiger partial charge in [-0.3, -0.25) is 4.79 Å². The number of fused-ring (bicyclic) bond motifs is 1. The lowest BCUT2D eigenvalue weighted by Crippen LogP contribution is -2.39. The summed E-state index contributed by atoms with van der Waals surface area (Å²) in [5.41, 5.74) is 2.60.